The summed E-state index contributed by atoms with van der Waals surface area (Å²) >= 11 is 0. The van der Waals surface area contributed by atoms with Crippen LogP contribution < -0.4 is 22.3 Å². The molecule has 170 valence electrons. The lowest BCUT2D eigenvalue weighted by atomic mass is 10.1. The monoisotopic (exact) mass is 445 g/mol. The van der Waals surface area contributed by atoms with Crippen LogP contribution in [0.4, 0.5) is 5.82 Å². The molecule has 0 amide bonds. The Labute approximate surface area is 190 Å². The van der Waals surface area contributed by atoms with E-state index in [4.69, 9.17) is 5.73 Å². The van der Waals surface area contributed by atoms with E-state index in [1.807, 2.05) is 24.4 Å². The number of aryl methyl sites for hydroxylation is 2. The van der Waals surface area contributed by atoms with Crippen molar-refractivity contribution in [2.24, 2.45) is 5.73 Å². The Morgan fingerprint density at radius 3 is 2.45 bits per heavy atom. The molecule has 5 N–H and O–H groups in total. The lowest BCUT2D eigenvalue weighted by Crippen LogP contribution is -2.29. The number of aromatic nitrogens is 5. The van der Waals surface area contributed by atoms with Crippen LogP contribution in [0.5, 0.6) is 0 Å². The van der Waals surface area contributed by atoms with Gasteiger partial charge in [0.25, 0.3) is 5.56 Å². The van der Waals surface area contributed by atoms with E-state index in [-0.39, 0.29) is 11.7 Å². The van der Waals surface area contributed by atoms with Crippen molar-refractivity contribution in [2.45, 2.75) is 51.2 Å². The molecule has 0 bridgehead atoms. The highest BCUT2D eigenvalue weighted by Crippen LogP contribution is 2.34. The largest absolute Gasteiger partial charge is 0.366 e. The van der Waals surface area contributed by atoms with Crippen molar-refractivity contribution in [3.8, 4) is 0 Å². The van der Waals surface area contributed by atoms with Crippen molar-refractivity contribution in [1.82, 2.24) is 24.5 Å². The number of benzene rings is 1. The van der Waals surface area contributed by atoms with Crippen LogP contribution in [0.2, 0.25) is 0 Å². The summed E-state index contributed by atoms with van der Waals surface area (Å²) in [7, 11) is 0. The molecule has 1 aromatic carbocycles. The highest BCUT2D eigenvalue weighted by Gasteiger charge is 2.28. The molecule has 1 aliphatic rings. The topological polar surface area (TPSA) is 134 Å². The van der Waals surface area contributed by atoms with E-state index in [0.717, 1.165) is 48.5 Å². The fourth-order valence-electron chi connectivity index (χ4n) is 3.97. The van der Waals surface area contributed by atoms with Crippen LogP contribution in [0.1, 0.15) is 47.8 Å². The van der Waals surface area contributed by atoms with Gasteiger partial charge in [0.2, 0.25) is 0 Å². The van der Waals surface area contributed by atoms with Crippen LogP contribution in [0, 0.1) is 0 Å². The molecule has 4 aromatic rings. The number of fused-ring (bicyclic) bond motifs is 1. The molecule has 0 saturated heterocycles. The summed E-state index contributed by atoms with van der Waals surface area (Å²) in [5.41, 5.74) is 9.13. The molecule has 0 unspecified atom stereocenters. The zero-order valence-electron chi connectivity index (χ0n) is 18.3. The van der Waals surface area contributed by atoms with E-state index < -0.39 is 5.56 Å². The molecular formula is C24H27N7O2. The molecule has 1 saturated carbocycles. The fraction of sp³-hybridized carbons (Fsp3) is 0.333. The van der Waals surface area contributed by atoms with Crippen molar-refractivity contribution < 1.29 is 0 Å². The van der Waals surface area contributed by atoms with E-state index in [1.165, 1.54) is 5.56 Å². The summed E-state index contributed by atoms with van der Waals surface area (Å²) in [6, 6.07) is 12.4. The number of pyridine rings is 1. The number of hydrogen-bond donors (Lipinski definition) is 4. The standard InChI is InChI=1S/C24H27N7O2/c25-12-15-4-6-17(7-5-15)14-27-19-11-8-16(13-26-19)2-1-3-20-28-21-22(29-20)31(18-9-10-18)24(33)30-23(21)32/h4-8,11,13,18H,1-3,9-10,12,14,25H2,(H,26,27)(H,28,29)(H,30,32,33). The lowest BCUT2D eigenvalue weighted by Gasteiger charge is -2.07. The van der Waals surface area contributed by atoms with E-state index in [1.54, 1.807) is 4.57 Å². The van der Waals surface area contributed by atoms with Crippen molar-refractivity contribution in [3.05, 3.63) is 85.9 Å². The van der Waals surface area contributed by atoms with Gasteiger partial charge in [-0.05, 0) is 48.4 Å². The molecule has 3 heterocycles. The molecule has 5 rings (SSSR count). The summed E-state index contributed by atoms with van der Waals surface area (Å²) in [4.78, 5) is 38.9. The second-order valence-corrected chi connectivity index (χ2v) is 8.52. The first kappa shape index (κ1) is 21.1. The fourth-order valence-corrected chi connectivity index (χ4v) is 3.97. The molecule has 0 aliphatic heterocycles. The number of aromatic amines is 2. The molecule has 0 radical (unpaired) electrons. The molecule has 1 aliphatic carbocycles. The number of nitrogens with one attached hydrogen (secondary N) is 3. The minimum Gasteiger partial charge on any atom is -0.366 e. The number of rotatable bonds is 9. The third kappa shape index (κ3) is 4.73. The Morgan fingerprint density at radius 2 is 1.76 bits per heavy atom. The average molecular weight is 446 g/mol. The summed E-state index contributed by atoms with van der Waals surface area (Å²) in [6.07, 6.45) is 6.16. The van der Waals surface area contributed by atoms with Crippen LogP contribution in [0.3, 0.4) is 0 Å². The van der Waals surface area contributed by atoms with Gasteiger partial charge in [-0.3, -0.25) is 14.3 Å². The normalized spacial score (nSPS) is 13.5. The molecule has 9 nitrogen and oxygen atoms in total. The Morgan fingerprint density at radius 1 is 1.00 bits per heavy atom. The highest BCUT2D eigenvalue weighted by atomic mass is 16.2. The lowest BCUT2D eigenvalue weighted by molar-refractivity contribution is 0.699. The number of anilines is 1. The zero-order chi connectivity index (χ0) is 22.8. The van der Waals surface area contributed by atoms with Crippen molar-refractivity contribution in [3.63, 3.8) is 0 Å². The SMILES string of the molecule is NCc1ccc(CNc2ccc(CCCc3nc4c([nH]3)c(=O)[nH]c(=O)n4C3CC3)cn2)cc1. The van der Waals surface area contributed by atoms with E-state index in [2.05, 4.69) is 43.5 Å². The molecule has 3 aromatic heterocycles. The quantitative estimate of drug-likeness (QED) is 0.312. The minimum absolute atomic E-state index is 0.150. The van der Waals surface area contributed by atoms with Gasteiger partial charge in [0, 0.05) is 31.7 Å². The minimum atomic E-state index is -0.409. The number of nitrogens with two attached hydrogens (primary N) is 1. The van der Waals surface area contributed by atoms with E-state index >= 15 is 0 Å². The van der Waals surface area contributed by atoms with Gasteiger partial charge in [0.15, 0.2) is 5.65 Å². The number of imidazole rings is 1. The third-order valence-electron chi connectivity index (χ3n) is 5.98. The Balaban J connectivity index is 1.17. The Kier molecular flexibility index (Phi) is 5.78. The van der Waals surface area contributed by atoms with Gasteiger partial charge in [0.1, 0.15) is 17.2 Å². The van der Waals surface area contributed by atoms with Gasteiger partial charge in [-0.1, -0.05) is 30.3 Å². The van der Waals surface area contributed by atoms with Crippen molar-refractivity contribution >= 4 is 17.0 Å². The maximum Gasteiger partial charge on any atom is 0.330 e. The van der Waals surface area contributed by atoms with E-state index in [0.29, 0.717) is 30.7 Å². The van der Waals surface area contributed by atoms with Gasteiger partial charge in [-0.25, -0.2) is 14.8 Å². The Hall–Kier alpha value is -3.72. The number of H-pyrrole nitrogens is 2. The van der Waals surface area contributed by atoms with Crippen molar-refractivity contribution in [2.75, 3.05) is 5.32 Å². The molecule has 0 spiro atoms. The van der Waals surface area contributed by atoms with Crippen LogP contribution in [0.25, 0.3) is 11.2 Å². The van der Waals surface area contributed by atoms with Crippen LogP contribution in [-0.4, -0.2) is 24.5 Å². The van der Waals surface area contributed by atoms with Crippen LogP contribution in [0.15, 0.2) is 52.2 Å². The number of hydrogen-bond acceptors (Lipinski definition) is 6. The molecular weight excluding hydrogens is 418 g/mol. The smallest absolute Gasteiger partial charge is 0.330 e. The second kappa shape index (κ2) is 9.03. The summed E-state index contributed by atoms with van der Waals surface area (Å²) in [5.74, 6) is 1.55. The highest BCUT2D eigenvalue weighted by molar-refractivity contribution is 5.70. The Bertz CT molecular complexity index is 1360. The van der Waals surface area contributed by atoms with Crippen LogP contribution in [-0.2, 0) is 25.9 Å². The summed E-state index contributed by atoms with van der Waals surface area (Å²) < 4.78 is 1.61. The van der Waals surface area contributed by atoms with Gasteiger partial charge in [-0.2, -0.15) is 0 Å². The predicted molar refractivity (Wildman–Crippen MR) is 127 cm³/mol. The molecule has 9 heteroatoms. The first-order chi connectivity index (χ1) is 16.1. The van der Waals surface area contributed by atoms with E-state index in [9.17, 15) is 9.59 Å². The molecule has 33 heavy (non-hydrogen) atoms. The summed E-state index contributed by atoms with van der Waals surface area (Å²) in [6.45, 7) is 1.25. The van der Waals surface area contributed by atoms with Gasteiger partial charge in [-0.15, -0.1) is 0 Å². The number of nitrogens with zero attached hydrogens (tertiary/aromatic N) is 3. The van der Waals surface area contributed by atoms with Gasteiger partial charge in [0.05, 0.1) is 0 Å². The first-order valence-electron chi connectivity index (χ1n) is 11.3. The second-order valence-electron chi connectivity index (χ2n) is 8.52. The average Bonchev–Trinajstić information content (AvgIpc) is 3.57. The first-order valence-corrected chi connectivity index (χ1v) is 11.3. The molecule has 1 fully saturated rings. The predicted octanol–water partition coefficient (Wildman–Crippen LogP) is 2.39. The maximum absolute atomic E-state index is 12.2. The summed E-state index contributed by atoms with van der Waals surface area (Å²) in [5, 5.41) is 3.33. The zero-order valence-corrected chi connectivity index (χ0v) is 18.3. The van der Waals surface area contributed by atoms with Crippen molar-refractivity contribution in [1.29, 1.82) is 0 Å². The van der Waals surface area contributed by atoms with Crippen LogP contribution >= 0.6 is 0 Å². The molecule has 0 atom stereocenters. The third-order valence-corrected chi connectivity index (χ3v) is 5.98. The maximum atomic E-state index is 12.2. The van der Waals surface area contributed by atoms with Gasteiger partial charge >= 0.3 is 5.69 Å². The van der Waals surface area contributed by atoms with Gasteiger partial charge < -0.3 is 16.0 Å².